The van der Waals surface area contributed by atoms with E-state index >= 15 is 0 Å². The van der Waals surface area contributed by atoms with Crippen LogP contribution in [0.1, 0.15) is 32.6 Å². The fourth-order valence-corrected chi connectivity index (χ4v) is 5.11. The molecule has 2 atom stereocenters. The van der Waals surface area contributed by atoms with Crippen LogP contribution < -0.4 is 5.32 Å². The highest BCUT2D eigenvalue weighted by molar-refractivity contribution is 7.99. The molecule has 28 heavy (non-hydrogen) atoms. The number of hydrogen-bond donors (Lipinski definition) is 1. The van der Waals surface area contributed by atoms with Gasteiger partial charge in [0.1, 0.15) is 0 Å². The van der Waals surface area contributed by atoms with E-state index in [0.29, 0.717) is 17.7 Å². The number of para-hydroxylation sites is 1. The maximum absolute atomic E-state index is 12.5. The minimum atomic E-state index is 0.0732. The van der Waals surface area contributed by atoms with Crippen LogP contribution in [0.15, 0.2) is 53.0 Å². The van der Waals surface area contributed by atoms with Gasteiger partial charge in [0, 0.05) is 11.7 Å². The molecule has 1 amide bonds. The van der Waals surface area contributed by atoms with Crippen LogP contribution >= 0.6 is 23.1 Å². The third-order valence-electron chi connectivity index (χ3n) is 5.18. The summed E-state index contributed by atoms with van der Waals surface area (Å²) in [5, 5.41) is 14.8. The van der Waals surface area contributed by atoms with Gasteiger partial charge < -0.3 is 5.32 Å². The summed E-state index contributed by atoms with van der Waals surface area (Å²) in [6.45, 7) is 2.23. The summed E-state index contributed by atoms with van der Waals surface area (Å²) in [6, 6.07) is 14.4. The smallest absolute Gasteiger partial charge is 0.230 e. The van der Waals surface area contributed by atoms with Crippen molar-refractivity contribution in [1.29, 1.82) is 0 Å². The van der Waals surface area contributed by atoms with E-state index in [1.807, 2.05) is 52.4 Å². The van der Waals surface area contributed by atoms with Gasteiger partial charge in [-0.3, -0.25) is 9.36 Å². The molecular formula is C21H24N4OS2. The van der Waals surface area contributed by atoms with Crippen molar-refractivity contribution in [3.63, 3.8) is 0 Å². The van der Waals surface area contributed by atoms with Crippen LogP contribution in [-0.2, 0) is 4.79 Å². The Balaban J connectivity index is 1.51. The van der Waals surface area contributed by atoms with Crippen LogP contribution in [-0.4, -0.2) is 32.5 Å². The molecule has 0 radical (unpaired) electrons. The number of benzene rings is 1. The van der Waals surface area contributed by atoms with E-state index in [-0.39, 0.29) is 5.91 Å². The molecule has 3 aromatic rings. The van der Waals surface area contributed by atoms with Gasteiger partial charge >= 0.3 is 0 Å². The Hall–Kier alpha value is -2.12. The summed E-state index contributed by atoms with van der Waals surface area (Å²) in [5.74, 6) is 1.79. The third-order valence-corrected chi connectivity index (χ3v) is 6.97. The molecule has 1 aliphatic rings. The van der Waals surface area contributed by atoms with Crippen LogP contribution in [0.5, 0.6) is 0 Å². The highest BCUT2D eigenvalue weighted by Gasteiger charge is 2.23. The van der Waals surface area contributed by atoms with Gasteiger partial charge in [-0.2, -0.15) is 0 Å². The topological polar surface area (TPSA) is 59.8 Å². The molecule has 1 fully saturated rings. The van der Waals surface area contributed by atoms with Gasteiger partial charge in [-0.1, -0.05) is 55.8 Å². The monoisotopic (exact) mass is 412 g/mol. The van der Waals surface area contributed by atoms with Crippen molar-refractivity contribution >= 4 is 29.0 Å². The van der Waals surface area contributed by atoms with E-state index < -0.39 is 0 Å². The van der Waals surface area contributed by atoms with Gasteiger partial charge in [-0.15, -0.1) is 21.5 Å². The van der Waals surface area contributed by atoms with E-state index in [2.05, 4.69) is 22.4 Å². The van der Waals surface area contributed by atoms with Gasteiger partial charge in [0.05, 0.1) is 10.6 Å². The Bertz CT molecular complexity index is 908. The number of rotatable bonds is 6. The second-order valence-electron chi connectivity index (χ2n) is 7.18. The standard InChI is InChI=1S/C21H24N4OS2/c1-15-8-5-6-11-17(15)22-19(26)14-28-21-24-23-20(18-12-7-13-27-18)25(21)16-9-3-2-4-10-16/h2-4,7,9-10,12-13,15,17H,5-6,8,11,14H2,1H3,(H,22,26). The molecule has 5 nitrogen and oxygen atoms in total. The molecule has 4 rings (SSSR count). The maximum atomic E-state index is 12.5. The molecule has 2 aromatic heterocycles. The average Bonchev–Trinajstić information content (AvgIpc) is 3.38. The molecule has 2 heterocycles. The van der Waals surface area contributed by atoms with Gasteiger partial charge in [0.15, 0.2) is 11.0 Å². The van der Waals surface area contributed by atoms with Crippen LogP contribution in [0.25, 0.3) is 16.4 Å². The SMILES string of the molecule is CC1CCCCC1NC(=O)CSc1nnc(-c2cccs2)n1-c1ccccc1. The van der Waals surface area contributed by atoms with Gasteiger partial charge in [0.2, 0.25) is 5.91 Å². The van der Waals surface area contributed by atoms with Crippen molar-refractivity contribution in [3.8, 4) is 16.4 Å². The first-order valence-electron chi connectivity index (χ1n) is 9.69. The number of hydrogen-bond acceptors (Lipinski definition) is 5. The Morgan fingerprint density at radius 1 is 1.18 bits per heavy atom. The highest BCUT2D eigenvalue weighted by atomic mass is 32.2. The predicted molar refractivity (Wildman–Crippen MR) is 115 cm³/mol. The summed E-state index contributed by atoms with van der Waals surface area (Å²) >= 11 is 3.07. The minimum absolute atomic E-state index is 0.0732. The van der Waals surface area contributed by atoms with E-state index in [1.54, 1.807) is 11.3 Å². The molecule has 1 aromatic carbocycles. The van der Waals surface area contributed by atoms with Gasteiger partial charge in [-0.25, -0.2) is 0 Å². The zero-order chi connectivity index (χ0) is 19.3. The third kappa shape index (κ3) is 4.31. The molecule has 0 bridgehead atoms. The first-order chi connectivity index (χ1) is 13.7. The average molecular weight is 413 g/mol. The zero-order valence-corrected chi connectivity index (χ0v) is 17.5. The summed E-state index contributed by atoms with van der Waals surface area (Å²) in [6.07, 6.45) is 4.76. The normalized spacial score (nSPS) is 19.5. The molecule has 1 aliphatic carbocycles. The van der Waals surface area contributed by atoms with Crippen LogP contribution in [0.2, 0.25) is 0 Å². The first kappa shape index (κ1) is 19.2. The lowest BCUT2D eigenvalue weighted by Crippen LogP contribution is -2.41. The van der Waals surface area contributed by atoms with Crippen LogP contribution in [0.4, 0.5) is 0 Å². The Kier molecular flexibility index (Phi) is 6.12. The lowest BCUT2D eigenvalue weighted by molar-refractivity contribution is -0.119. The van der Waals surface area contributed by atoms with Crippen molar-refractivity contribution in [1.82, 2.24) is 20.1 Å². The quantitative estimate of drug-likeness (QED) is 0.592. The summed E-state index contributed by atoms with van der Waals surface area (Å²) < 4.78 is 2.03. The number of amides is 1. The second kappa shape index (κ2) is 8.92. The molecule has 146 valence electrons. The van der Waals surface area contributed by atoms with Crippen molar-refractivity contribution in [3.05, 3.63) is 47.8 Å². The van der Waals surface area contributed by atoms with E-state index in [9.17, 15) is 4.79 Å². The molecule has 0 aliphatic heterocycles. The maximum Gasteiger partial charge on any atom is 0.230 e. The molecule has 1 saturated carbocycles. The molecule has 7 heteroatoms. The fourth-order valence-electron chi connectivity index (χ4n) is 3.65. The fraction of sp³-hybridized carbons (Fsp3) is 0.381. The lowest BCUT2D eigenvalue weighted by atomic mass is 9.86. The van der Waals surface area contributed by atoms with Crippen molar-refractivity contribution in [2.45, 2.75) is 43.8 Å². The van der Waals surface area contributed by atoms with Crippen molar-refractivity contribution in [2.24, 2.45) is 5.92 Å². The van der Waals surface area contributed by atoms with Crippen LogP contribution in [0, 0.1) is 5.92 Å². The Morgan fingerprint density at radius 3 is 2.75 bits per heavy atom. The van der Waals surface area contributed by atoms with E-state index in [4.69, 9.17) is 0 Å². The summed E-state index contributed by atoms with van der Waals surface area (Å²) in [5.41, 5.74) is 1.000. The molecule has 0 spiro atoms. The number of aromatic nitrogens is 3. The number of nitrogens with one attached hydrogen (secondary N) is 1. The van der Waals surface area contributed by atoms with E-state index in [1.165, 1.54) is 31.0 Å². The predicted octanol–water partition coefficient (Wildman–Crippen LogP) is 4.78. The molecule has 0 saturated heterocycles. The zero-order valence-electron chi connectivity index (χ0n) is 15.9. The lowest BCUT2D eigenvalue weighted by Gasteiger charge is -2.29. The van der Waals surface area contributed by atoms with Gasteiger partial charge in [-0.05, 0) is 42.3 Å². The Labute approximate surface area is 173 Å². The van der Waals surface area contributed by atoms with Gasteiger partial charge in [0.25, 0.3) is 0 Å². The number of thiophene rings is 1. The van der Waals surface area contributed by atoms with E-state index in [0.717, 1.165) is 28.0 Å². The summed E-state index contributed by atoms with van der Waals surface area (Å²) in [4.78, 5) is 13.6. The van der Waals surface area contributed by atoms with Crippen LogP contribution in [0.3, 0.4) is 0 Å². The minimum Gasteiger partial charge on any atom is -0.352 e. The molecule has 1 N–H and O–H groups in total. The number of carbonyl (C=O) groups excluding carboxylic acids is 1. The largest absolute Gasteiger partial charge is 0.352 e. The van der Waals surface area contributed by atoms with Crippen molar-refractivity contribution in [2.75, 3.05) is 5.75 Å². The molecular weight excluding hydrogens is 388 g/mol. The summed E-state index contributed by atoms with van der Waals surface area (Å²) in [7, 11) is 0. The number of thioether (sulfide) groups is 1. The second-order valence-corrected chi connectivity index (χ2v) is 9.07. The molecule has 2 unspecified atom stereocenters. The first-order valence-corrected chi connectivity index (χ1v) is 11.6. The Morgan fingerprint density at radius 2 is 2.00 bits per heavy atom. The number of nitrogens with zero attached hydrogens (tertiary/aromatic N) is 3. The highest BCUT2D eigenvalue weighted by Crippen LogP contribution is 2.30. The number of carbonyl (C=O) groups is 1. The van der Waals surface area contributed by atoms with Crippen molar-refractivity contribution < 1.29 is 4.79 Å².